The Kier molecular flexibility index (Phi) is 5.63. The van der Waals surface area contributed by atoms with Crippen LogP contribution in [0.15, 0.2) is 28.7 Å². The van der Waals surface area contributed by atoms with E-state index >= 15 is 0 Å². The molecule has 0 saturated heterocycles. The molecule has 1 aromatic rings. The van der Waals surface area contributed by atoms with Crippen molar-refractivity contribution in [1.82, 2.24) is 5.32 Å². The van der Waals surface area contributed by atoms with Crippen molar-refractivity contribution in [1.29, 1.82) is 0 Å². The molecule has 2 unspecified atom stereocenters. The van der Waals surface area contributed by atoms with Crippen LogP contribution >= 0.6 is 15.9 Å². The van der Waals surface area contributed by atoms with Crippen LogP contribution in [0.3, 0.4) is 0 Å². The number of benzene rings is 1. The van der Waals surface area contributed by atoms with Gasteiger partial charge in [-0.2, -0.15) is 0 Å². The van der Waals surface area contributed by atoms with Gasteiger partial charge >= 0.3 is 0 Å². The summed E-state index contributed by atoms with van der Waals surface area (Å²) in [6.07, 6.45) is 0.971. The highest BCUT2D eigenvalue weighted by Crippen LogP contribution is 2.25. The first kappa shape index (κ1) is 14.7. The van der Waals surface area contributed by atoms with E-state index in [0.717, 1.165) is 17.4 Å². The summed E-state index contributed by atoms with van der Waals surface area (Å²) in [5, 5.41) is 12.9. The highest BCUT2D eigenvalue weighted by atomic mass is 79.9. The van der Waals surface area contributed by atoms with Crippen molar-refractivity contribution in [2.75, 3.05) is 13.2 Å². The second kappa shape index (κ2) is 6.53. The minimum Gasteiger partial charge on any atom is -0.396 e. The van der Waals surface area contributed by atoms with Gasteiger partial charge < -0.3 is 10.4 Å². The van der Waals surface area contributed by atoms with Gasteiger partial charge in [-0.05, 0) is 25.0 Å². The number of hydrogen-bond acceptors (Lipinski definition) is 2. The predicted octanol–water partition coefficient (Wildman–Crippen LogP) is 3.51. The molecule has 0 heterocycles. The number of rotatable bonds is 6. The van der Waals surface area contributed by atoms with Gasteiger partial charge in [0.15, 0.2) is 0 Å². The molecule has 17 heavy (non-hydrogen) atoms. The summed E-state index contributed by atoms with van der Waals surface area (Å²) in [4.78, 5) is 0. The van der Waals surface area contributed by atoms with E-state index in [1.54, 1.807) is 0 Å². The average molecular weight is 300 g/mol. The minimum absolute atomic E-state index is 0.0322. The lowest BCUT2D eigenvalue weighted by Crippen LogP contribution is -2.35. The van der Waals surface area contributed by atoms with Gasteiger partial charge in [-0.3, -0.25) is 0 Å². The van der Waals surface area contributed by atoms with Gasteiger partial charge in [-0.1, -0.05) is 48.0 Å². The second-order valence-corrected chi connectivity index (χ2v) is 5.80. The molecule has 2 atom stereocenters. The highest BCUT2D eigenvalue weighted by molar-refractivity contribution is 9.10. The number of aliphatic hydroxyl groups is 1. The highest BCUT2D eigenvalue weighted by Gasteiger charge is 2.21. The fourth-order valence-corrected chi connectivity index (χ4v) is 2.26. The van der Waals surface area contributed by atoms with E-state index in [2.05, 4.69) is 54.2 Å². The fraction of sp³-hybridized carbons (Fsp3) is 0.571. The van der Waals surface area contributed by atoms with Gasteiger partial charge in [-0.15, -0.1) is 0 Å². The number of hydrogen-bond donors (Lipinski definition) is 2. The summed E-state index contributed by atoms with van der Waals surface area (Å²) in [7, 11) is 0. The van der Waals surface area contributed by atoms with Crippen molar-refractivity contribution < 1.29 is 5.11 Å². The van der Waals surface area contributed by atoms with Crippen LogP contribution in [0.2, 0.25) is 0 Å². The zero-order valence-electron chi connectivity index (χ0n) is 10.8. The molecule has 0 aliphatic rings. The second-order valence-electron chi connectivity index (χ2n) is 4.95. The van der Waals surface area contributed by atoms with Crippen LogP contribution in [0, 0.1) is 5.41 Å². The van der Waals surface area contributed by atoms with Crippen molar-refractivity contribution in [3.8, 4) is 0 Å². The molecule has 0 bridgehead atoms. The van der Waals surface area contributed by atoms with Gasteiger partial charge in [0.25, 0.3) is 0 Å². The number of nitrogens with one attached hydrogen (secondary N) is 1. The summed E-state index contributed by atoms with van der Waals surface area (Å²) in [5.41, 5.74) is 1.22. The van der Waals surface area contributed by atoms with Crippen LogP contribution in [0.1, 0.15) is 38.8 Å². The third kappa shape index (κ3) is 4.09. The lowest BCUT2D eigenvalue weighted by atomic mass is 9.88. The molecule has 0 fully saturated rings. The predicted molar refractivity (Wildman–Crippen MR) is 76.0 cm³/mol. The molecular weight excluding hydrogens is 278 g/mol. The molecule has 0 spiro atoms. The Hall–Kier alpha value is -0.380. The quantitative estimate of drug-likeness (QED) is 0.842. The van der Waals surface area contributed by atoms with Crippen LogP contribution < -0.4 is 5.32 Å². The van der Waals surface area contributed by atoms with Crippen LogP contribution in [-0.2, 0) is 0 Å². The molecule has 0 amide bonds. The molecule has 96 valence electrons. The van der Waals surface area contributed by atoms with Gasteiger partial charge in [0.05, 0.1) is 0 Å². The molecule has 1 rings (SSSR count). The summed E-state index contributed by atoms with van der Waals surface area (Å²) < 4.78 is 1.13. The minimum atomic E-state index is -0.0322. The van der Waals surface area contributed by atoms with E-state index in [9.17, 15) is 5.11 Å². The Balaban J connectivity index is 2.62. The number of aliphatic hydroxyl groups excluding tert-OH is 1. The zero-order valence-corrected chi connectivity index (χ0v) is 12.4. The molecule has 2 N–H and O–H groups in total. The standard InChI is InChI=1S/C14H22BrNO/c1-4-14(3,10-17)9-16-11(2)12-7-5-6-8-13(12)15/h5-8,11,16-17H,4,9-10H2,1-3H3. The summed E-state index contributed by atoms with van der Waals surface area (Å²) >= 11 is 3.56. The molecule has 2 nitrogen and oxygen atoms in total. The molecule has 0 aliphatic heterocycles. The number of halogens is 1. The first-order valence-corrected chi connectivity index (χ1v) is 6.90. The lowest BCUT2D eigenvalue weighted by Gasteiger charge is -2.28. The Morgan fingerprint density at radius 3 is 2.59 bits per heavy atom. The summed E-state index contributed by atoms with van der Waals surface area (Å²) in [5.74, 6) is 0. The monoisotopic (exact) mass is 299 g/mol. The molecule has 0 saturated carbocycles. The SMILES string of the molecule is CCC(C)(CO)CNC(C)c1ccccc1Br. The molecular formula is C14H22BrNO. The average Bonchev–Trinajstić information content (AvgIpc) is 2.36. The van der Waals surface area contributed by atoms with Gasteiger partial charge in [0.2, 0.25) is 0 Å². The molecule has 0 aromatic heterocycles. The third-order valence-corrected chi connectivity index (χ3v) is 4.16. The zero-order chi connectivity index (χ0) is 12.9. The van der Waals surface area contributed by atoms with Gasteiger partial charge in [0, 0.05) is 29.1 Å². The van der Waals surface area contributed by atoms with Crippen molar-refractivity contribution in [3.63, 3.8) is 0 Å². The Morgan fingerprint density at radius 1 is 1.41 bits per heavy atom. The fourth-order valence-electron chi connectivity index (χ4n) is 1.63. The Bertz CT molecular complexity index is 350. The van der Waals surface area contributed by atoms with Crippen molar-refractivity contribution in [2.45, 2.75) is 33.2 Å². The van der Waals surface area contributed by atoms with Gasteiger partial charge in [-0.25, -0.2) is 0 Å². The van der Waals surface area contributed by atoms with E-state index in [0.29, 0.717) is 0 Å². The molecule has 0 aliphatic carbocycles. The van der Waals surface area contributed by atoms with Crippen LogP contribution in [-0.4, -0.2) is 18.3 Å². The third-order valence-electron chi connectivity index (χ3n) is 3.44. The molecule has 1 aromatic carbocycles. The van der Waals surface area contributed by atoms with Crippen molar-refractivity contribution in [3.05, 3.63) is 34.3 Å². The van der Waals surface area contributed by atoms with E-state index in [1.165, 1.54) is 5.56 Å². The van der Waals surface area contributed by atoms with E-state index in [-0.39, 0.29) is 18.1 Å². The summed E-state index contributed by atoms with van der Waals surface area (Å²) in [6, 6.07) is 8.51. The normalized spacial score (nSPS) is 16.5. The maximum atomic E-state index is 9.37. The van der Waals surface area contributed by atoms with Crippen molar-refractivity contribution in [2.24, 2.45) is 5.41 Å². The van der Waals surface area contributed by atoms with E-state index in [1.807, 2.05) is 12.1 Å². The van der Waals surface area contributed by atoms with Crippen molar-refractivity contribution >= 4 is 15.9 Å². The first-order valence-electron chi connectivity index (χ1n) is 6.11. The topological polar surface area (TPSA) is 32.3 Å². The van der Waals surface area contributed by atoms with Crippen LogP contribution in [0.25, 0.3) is 0 Å². The largest absolute Gasteiger partial charge is 0.396 e. The lowest BCUT2D eigenvalue weighted by molar-refractivity contribution is 0.132. The molecule has 0 radical (unpaired) electrons. The first-order chi connectivity index (χ1) is 8.02. The maximum absolute atomic E-state index is 9.37. The Labute approximate surface area is 113 Å². The van der Waals surface area contributed by atoms with Crippen LogP contribution in [0.4, 0.5) is 0 Å². The summed E-state index contributed by atoms with van der Waals surface area (Å²) in [6.45, 7) is 7.41. The van der Waals surface area contributed by atoms with Gasteiger partial charge in [0.1, 0.15) is 0 Å². The Morgan fingerprint density at radius 2 is 2.06 bits per heavy atom. The van der Waals surface area contributed by atoms with E-state index in [4.69, 9.17) is 0 Å². The maximum Gasteiger partial charge on any atom is 0.0496 e. The van der Waals surface area contributed by atoms with E-state index < -0.39 is 0 Å². The van der Waals surface area contributed by atoms with Crippen LogP contribution in [0.5, 0.6) is 0 Å². The molecule has 3 heteroatoms. The smallest absolute Gasteiger partial charge is 0.0496 e.